The van der Waals surface area contributed by atoms with Gasteiger partial charge in [-0.25, -0.2) is 0 Å². The van der Waals surface area contributed by atoms with Crippen LogP contribution in [0.25, 0.3) is 16.9 Å². The maximum atomic E-state index is 13.8. The summed E-state index contributed by atoms with van der Waals surface area (Å²) in [5.74, 6) is 1.66. The minimum absolute atomic E-state index is 0.0585. The zero-order valence-corrected chi connectivity index (χ0v) is 21.4. The van der Waals surface area contributed by atoms with Crippen molar-refractivity contribution in [3.05, 3.63) is 101 Å². The first kappa shape index (κ1) is 23.6. The van der Waals surface area contributed by atoms with E-state index in [1.807, 2.05) is 72.5 Å². The van der Waals surface area contributed by atoms with Crippen LogP contribution in [0.2, 0.25) is 5.02 Å². The number of hydrogen-bond donors (Lipinski definition) is 0. The van der Waals surface area contributed by atoms with Crippen LogP contribution in [0.3, 0.4) is 0 Å². The van der Waals surface area contributed by atoms with Gasteiger partial charge in [-0.2, -0.15) is 0 Å². The maximum absolute atomic E-state index is 13.8. The third-order valence-corrected chi connectivity index (χ3v) is 7.46. The number of hydrogen-bond acceptors (Lipinski definition) is 4. The summed E-state index contributed by atoms with van der Waals surface area (Å²) < 4.78 is 13.0. The van der Waals surface area contributed by atoms with E-state index >= 15 is 0 Å². The number of nitrogens with zero attached hydrogens (tertiary/aromatic N) is 3. The molecule has 0 unspecified atom stereocenters. The van der Waals surface area contributed by atoms with Gasteiger partial charge in [0.25, 0.3) is 5.91 Å². The molecule has 6 nitrogen and oxygen atoms in total. The van der Waals surface area contributed by atoms with E-state index in [-0.39, 0.29) is 12.7 Å². The van der Waals surface area contributed by atoms with Crippen LogP contribution in [0.5, 0.6) is 11.5 Å². The topological polar surface area (TPSA) is 46.9 Å². The number of piperazine rings is 1. The van der Waals surface area contributed by atoms with E-state index in [2.05, 4.69) is 27.7 Å². The Bertz CT molecular complexity index is 1440. The molecule has 4 aromatic rings. The molecule has 188 valence electrons. The van der Waals surface area contributed by atoms with Crippen molar-refractivity contribution in [1.29, 1.82) is 0 Å². The van der Waals surface area contributed by atoms with Gasteiger partial charge in [-0.3, -0.25) is 9.69 Å². The van der Waals surface area contributed by atoms with Crippen LogP contribution >= 0.6 is 11.6 Å². The molecule has 1 aromatic heterocycles. The van der Waals surface area contributed by atoms with Crippen LogP contribution in [-0.2, 0) is 6.54 Å². The van der Waals surface area contributed by atoms with Gasteiger partial charge in [0.05, 0.1) is 22.0 Å². The molecular formula is C30H28ClN3O3. The Balaban J connectivity index is 1.22. The number of benzene rings is 3. The van der Waals surface area contributed by atoms with E-state index in [1.54, 1.807) is 0 Å². The zero-order chi connectivity index (χ0) is 25.4. The third-order valence-electron chi connectivity index (χ3n) is 7.14. The standard InChI is InChI=1S/C30H28ClN3O3/c1-21-24(18-27(23-7-3-2-4-8-23)34(21)26-10-6-5-9-25(26)31)30(35)33-15-13-32(14-16-33)19-22-11-12-28-29(17-22)37-20-36-28/h2-12,17-18H,13-16,19-20H2,1H3. The predicted molar refractivity (Wildman–Crippen MR) is 145 cm³/mol. The molecule has 3 aromatic carbocycles. The summed E-state index contributed by atoms with van der Waals surface area (Å²) in [4.78, 5) is 18.1. The van der Waals surface area contributed by atoms with Crippen LogP contribution in [-0.4, -0.2) is 53.2 Å². The highest BCUT2D eigenvalue weighted by molar-refractivity contribution is 6.32. The van der Waals surface area contributed by atoms with Gasteiger partial charge < -0.3 is 18.9 Å². The SMILES string of the molecule is Cc1c(C(=O)N2CCN(Cc3ccc4c(c3)OCO4)CC2)cc(-c2ccccc2)n1-c1ccccc1Cl. The third kappa shape index (κ3) is 4.59. The van der Waals surface area contributed by atoms with E-state index in [4.69, 9.17) is 21.1 Å². The van der Waals surface area contributed by atoms with E-state index in [0.717, 1.165) is 53.8 Å². The molecule has 1 amide bonds. The van der Waals surface area contributed by atoms with Gasteiger partial charge in [0.15, 0.2) is 11.5 Å². The molecular weight excluding hydrogens is 486 g/mol. The number of rotatable bonds is 5. The summed E-state index contributed by atoms with van der Waals surface area (Å²) in [6.07, 6.45) is 0. The van der Waals surface area contributed by atoms with Crippen molar-refractivity contribution < 1.29 is 14.3 Å². The summed E-state index contributed by atoms with van der Waals surface area (Å²) in [7, 11) is 0. The van der Waals surface area contributed by atoms with E-state index in [0.29, 0.717) is 23.7 Å². The fraction of sp³-hybridized carbons (Fsp3) is 0.233. The van der Waals surface area contributed by atoms with Crippen molar-refractivity contribution in [3.8, 4) is 28.4 Å². The van der Waals surface area contributed by atoms with E-state index < -0.39 is 0 Å². The second-order valence-electron chi connectivity index (χ2n) is 9.44. The van der Waals surface area contributed by atoms with E-state index in [9.17, 15) is 4.79 Å². The zero-order valence-electron chi connectivity index (χ0n) is 20.7. The molecule has 0 bridgehead atoms. The second kappa shape index (κ2) is 9.96. The molecule has 3 heterocycles. The molecule has 2 aliphatic rings. The number of amides is 1. The highest BCUT2D eigenvalue weighted by Gasteiger charge is 2.27. The number of ether oxygens (including phenoxy) is 2. The first-order chi connectivity index (χ1) is 18.1. The van der Waals surface area contributed by atoms with Crippen LogP contribution in [0.4, 0.5) is 0 Å². The quantitative estimate of drug-likeness (QED) is 0.339. The Morgan fingerprint density at radius 2 is 1.59 bits per heavy atom. The van der Waals surface area contributed by atoms with Gasteiger partial charge in [0.1, 0.15) is 0 Å². The normalized spacial score (nSPS) is 15.2. The predicted octanol–water partition coefficient (Wildman–Crippen LogP) is 5.79. The van der Waals surface area contributed by atoms with Crippen molar-refractivity contribution in [2.45, 2.75) is 13.5 Å². The molecule has 0 radical (unpaired) electrons. The van der Waals surface area contributed by atoms with Gasteiger partial charge in [-0.1, -0.05) is 60.1 Å². The number of fused-ring (bicyclic) bond motifs is 1. The van der Waals surface area contributed by atoms with Gasteiger partial charge >= 0.3 is 0 Å². The van der Waals surface area contributed by atoms with Crippen molar-refractivity contribution in [3.63, 3.8) is 0 Å². The molecule has 1 fully saturated rings. The molecule has 7 heteroatoms. The molecule has 0 atom stereocenters. The average Bonchev–Trinajstić information content (AvgIpc) is 3.53. The number of aromatic nitrogens is 1. The van der Waals surface area contributed by atoms with Crippen molar-refractivity contribution in [1.82, 2.24) is 14.4 Å². The van der Waals surface area contributed by atoms with Gasteiger partial charge in [0, 0.05) is 38.4 Å². The minimum atomic E-state index is 0.0585. The summed E-state index contributed by atoms with van der Waals surface area (Å²) in [6, 6.07) is 26.0. The number of para-hydroxylation sites is 1. The Hall–Kier alpha value is -3.74. The fourth-order valence-corrected chi connectivity index (χ4v) is 5.39. The fourth-order valence-electron chi connectivity index (χ4n) is 5.17. The second-order valence-corrected chi connectivity index (χ2v) is 9.84. The molecule has 37 heavy (non-hydrogen) atoms. The van der Waals surface area contributed by atoms with E-state index in [1.165, 1.54) is 5.56 Å². The monoisotopic (exact) mass is 513 g/mol. The van der Waals surface area contributed by atoms with Gasteiger partial charge in [-0.15, -0.1) is 0 Å². The molecule has 2 aliphatic heterocycles. The molecule has 0 spiro atoms. The summed E-state index contributed by atoms with van der Waals surface area (Å²) in [5.41, 5.74) is 5.65. The first-order valence-electron chi connectivity index (χ1n) is 12.5. The van der Waals surface area contributed by atoms with Crippen LogP contribution in [0.1, 0.15) is 21.6 Å². The molecule has 1 saturated heterocycles. The maximum Gasteiger partial charge on any atom is 0.255 e. The largest absolute Gasteiger partial charge is 0.454 e. The van der Waals surface area contributed by atoms with Crippen LogP contribution in [0, 0.1) is 6.92 Å². The lowest BCUT2D eigenvalue weighted by atomic mass is 10.1. The lowest BCUT2D eigenvalue weighted by molar-refractivity contribution is 0.0628. The molecule has 0 aliphatic carbocycles. The molecule has 6 rings (SSSR count). The minimum Gasteiger partial charge on any atom is -0.454 e. The van der Waals surface area contributed by atoms with Crippen molar-refractivity contribution >= 4 is 17.5 Å². The average molecular weight is 514 g/mol. The molecule has 0 N–H and O–H groups in total. The smallest absolute Gasteiger partial charge is 0.255 e. The Morgan fingerprint density at radius 1 is 0.865 bits per heavy atom. The van der Waals surface area contributed by atoms with Crippen molar-refractivity contribution in [2.75, 3.05) is 33.0 Å². The molecule has 0 saturated carbocycles. The Labute approximate surface area is 221 Å². The first-order valence-corrected chi connectivity index (χ1v) is 12.9. The van der Waals surface area contributed by atoms with Gasteiger partial charge in [-0.05, 0) is 48.4 Å². The van der Waals surface area contributed by atoms with Gasteiger partial charge in [0.2, 0.25) is 6.79 Å². The summed E-state index contributed by atoms with van der Waals surface area (Å²) >= 11 is 6.60. The number of halogens is 1. The highest BCUT2D eigenvalue weighted by Crippen LogP contribution is 2.34. The number of carbonyl (C=O) groups excluding carboxylic acids is 1. The van der Waals surface area contributed by atoms with Crippen LogP contribution in [0.15, 0.2) is 78.9 Å². The lowest BCUT2D eigenvalue weighted by Gasteiger charge is -2.34. The Kier molecular flexibility index (Phi) is 6.37. The Morgan fingerprint density at radius 3 is 2.38 bits per heavy atom. The van der Waals surface area contributed by atoms with Crippen molar-refractivity contribution in [2.24, 2.45) is 0 Å². The highest BCUT2D eigenvalue weighted by atomic mass is 35.5. The van der Waals surface area contributed by atoms with Crippen LogP contribution < -0.4 is 9.47 Å². The summed E-state index contributed by atoms with van der Waals surface area (Å²) in [6.45, 7) is 6.09. The summed E-state index contributed by atoms with van der Waals surface area (Å²) in [5, 5.41) is 0.648. The number of carbonyl (C=O) groups is 1. The lowest BCUT2D eigenvalue weighted by Crippen LogP contribution is -2.48.